The Bertz CT molecular complexity index is 613. The molecule has 2 saturated heterocycles. The van der Waals surface area contributed by atoms with Crippen molar-refractivity contribution in [3.63, 3.8) is 0 Å². The van der Waals surface area contributed by atoms with Crippen LogP contribution >= 0.6 is 0 Å². The van der Waals surface area contributed by atoms with Gasteiger partial charge in [0, 0.05) is 33.2 Å². The van der Waals surface area contributed by atoms with Gasteiger partial charge in [-0.15, -0.1) is 0 Å². The summed E-state index contributed by atoms with van der Waals surface area (Å²) in [5, 5.41) is 12.8. The maximum Gasteiger partial charge on any atom is 0.314 e. The van der Waals surface area contributed by atoms with Gasteiger partial charge in [-0.05, 0) is 24.0 Å². The van der Waals surface area contributed by atoms with Gasteiger partial charge in [-0.2, -0.15) is 0 Å². The van der Waals surface area contributed by atoms with E-state index in [1.165, 1.54) is 6.92 Å². The topological polar surface area (TPSA) is 84.9 Å². The van der Waals surface area contributed by atoms with Crippen molar-refractivity contribution in [2.24, 2.45) is 0 Å². The van der Waals surface area contributed by atoms with Crippen LogP contribution in [0, 0.1) is 0 Å². The number of aliphatic carboxylic acids is 1. The van der Waals surface area contributed by atoms with E-state index < -0.39 is 16.9 Å². The summed E-state index contributed by atoms with van der Waals surface area (Å²) in [4.78, 5) is 23.5. The molecular formula is C18H23NO5. The molecule has 1 aromatic rings. The standard InChI is InChI=1S/C18H23NO5/c1-13(20)19-18(8-11-24-12-18)15-4-2-14(3-5-15)17(16(21)22)6-9-23-10-7-17/h2-5H,6-12H2,1H3,(H,19,20)(H,21,22). The van der Waals surface area contributed by atoms with Crippen molar-refractivity contribution < 1.29 is 24.2 Å². The van der Waals surface area contributed by atoms with Crippen molar-refractivity contribution in [2.75, 3.05) is 26.4 Å². The van der Waals surface area contributed by atoms with Gasteiger partial charge in [-0.1, -0.05) is 24.3 Å². The second-order valence-electron chi connectivity index (χ2n) is 6.64. The van der Waals surface area contributed by atoms with E-state index in [1.54, 1.807) is 0 Å². The largest absolute Gasteiger partial charge is 0.481 e. The number of amides is 1. The molecule has 6 heteroatoms. The van der Waals surface area contributed by atoms with Crippen molar-refractivity contribution >= 4 is 11.9 Å². The van der Waals surface area contributed by atoms with E-state index in [0.29, 0.717) is 45.7 Å². The molecule has 2 aliphatic rings. The molecule has 1 atom stereocenters. The number of benzene rings is 1. The van der Waals surface area contributed by atoms with Gasteiger partial charge in [-0.25, -0.2) is 0 Å². The van der Waals surface area contributed by atoms with Crippen molar-refractivity contribution in [2.45, 2.75) is 37.1 Å². The lowest BCUT2D eigenvalue weighted by molar-refractivity contribution is -0.147. The highest BCUT2D eigenvalue weighted by atomic mass is 16.5. The van der Waals surface area contributed by atoms with Crippen LogP contribution in [0.2, 0.25) is 0 Å². The first-order valence-electron chi connectivity index (χ1n) is 8.27. The Labute approximate surface area is 141 Å². The summed E-state index contributed by atoms with van der Waals surface area (Å²) in [6.45, 7) is 3.44. The molecule has 2 heterocycles. The quantitative estimate of drug-likeness (QED) is 0.874. The number of carboxylic acid groups (broad SMARTS) is 1. The highest BCUT2D eigenvalue weighted by Crippen LogP contribution is 2.37. The van der Waals surface area contributed by atoms with Crippen molar-refractivity contribution in [3.8, 4) is 0 Å². The number of hydrogen-bond acceptors (Lipinski definition) is 4. The Morgan fingerprint density at radius 2 is 1.58 bits per heavy atom. The number of carboxylic acids is 1. The third-order valence-electron chi connectivity index (χ3n) is 5.18. The molecule has 0 aromatic heterocycles. The molecule has 0 spiro atoms. The third-order valence-corrected chi connectivity index (χ3v) is 5.18. The normalized spacial score (nSPS) is 26.0. The van der Waals surface area contributed by atoms with Gasteiger partial charge in [-0.3, -0.25) is 9.59 Å². The fourth-order valence-electron chi connectivity index (χ4n) is 3.75. The van der Waals surface area contributed by atoms with Crippen molar-refractivity contribution in [1.82, 2.24) is 5.32 Å². The fourth-order valence-corrected chi connectivity index (χ4v) is 3.75. The minimum absolute atomic E-state index is 0.101. The van der Waals surface area contributed by atoms with E-state index in [4.69, 9.17) is 9.47 Å². The lowest BCUT2D eigenvalue weighted by Crippen LogP contribution is -2.45. The molecule has 0 aliphatic carbocycles. The van der Waals surface area contributed by atoms with Crippen LogP contribution in [0.4, 0.5) is 0 Å². The second-order valence-corrected chi connectivity index (χ2v) is 6.64. The van der Waals surface area contributed by atoms with Gasteiger partial charge in [0.1, 0.15) is 0 Å². The molecule has 2 N–H and O–H groups in total. The number of carbonyl (C=O) groups is 2. The Hall–Kier alpha value is -1.92. The lowest BCUT2D eigenvalue weighted by Gasteiger charge is -2.34. The third kappa shape index (κ3) is 2.91. The molecular weight excluding hydrogens is 310 g/mol. The Kier molecular flexibility index (Phi) is 4.60. The van der Waals surface area contributed by atoms with Gasteiger partial charge in [0.2, 0.25) is 5.91 Å². The van der Waals surface area contributed by atoms with E-state index in [0.717, 1.165) is 11.1 Å². The first kappa shape index (κ1) is 16.9. The van der Waals surface area contributed by atoms with Gasteiger partial charge in [0.25, 0.3) is 0 Å². The average molecular weight is 333 g/mol. The van der Waals surface area contributed by atoms with E-state index in [2.05, 4.69) is 5.32 Å². The summed E-state index contributed by atoms with van der Waals surface area (Å²) < 4.78 is 10.8. The summed E-state index contributed by atoms with van der Waals surface area (Å²) >= 11 is 0. The molecule has 130 valence electrons. The molecule has 2 aliphatic heterocycles. The molecule has 0 bridgehead atoms. The first-order valence-corrected chi connectivity index (χ1v) is 8.27. The minimum Gasteiger partial charge on any atom is -0.481 e. The summed E-state index contributed by atoms with van der Waals surface area (Å²) in [6, 6.07) is 7.58. The summed E-state index contributed by atoms with van der Waals surface area (Å²) in [6.07, 6.45) is 1.66. The van der Waals surface area contributed by atoms with E-state index in [1.807, 2.05) is 24.3 Å². The zero-order chi connectivity index (χ0) is 17.2. The summed E-state index contributed by atoms with van der Waals surface area (Å²) in [5.74, 6) is -0.907. The van der Waals surface area contributed by atoms with Gasteiger partial charge in [0.05, 0.1) is 17.6 Å². The zero-order valence-electron chi connectivity index (χ0n) is 13.8. The lowest BCUT2D eigenvalue weighted by atomic mass is 9.73. The minimum atomic E-state index is -0.885. The number of hydrogen-bond donors (Lipinski definition) is 2. The smallest absolute Gasteiger partial charge is 0.314 e. The molecule has 0 radical (unpaired) electrons. The molecule has 1 amide bonds. The van der Waals surface area contributed by atoms with Crippen LogP contribution in [-0.2, 0) is 30.0 Å². The van der Waals surface area contributed by atoms with Crippen LogP contribution in [0.3, 0.4) is 0 Å². The number of carbonyl (C=O) groups excluding carboxylic acids is 1. The predicted molar refractivity (Wildman–Crippen MR) is 86.7 cm³/mol. The maximum atomic E-state index is 11.9. The Balaban J connectivity index is 1.92. The van der Waals surface area contributed by atoms with Crippen LogP contribution in [-0.4, -0.2) is 43.4 Å². The number of ether oxygens (including phenoxy) is 2. The first-order chi connectivity index (χ1) is 11.5. The average Bonchev–Trinajstić information content (AvgIpc) is 3.04. The van der Waals surface area contributed by atoms with E-state index in [9.17, 15) is 14.7 Å². The molecule has 1 aromatic carbocycles. The summed E-state index contributed by atoms with van der Waals surface area (Å²) in [5.41, 5.74) is 0.339. The van der Waals surface area contributed by atoms with Crippen LogP contribution in [0.25, 0.3) is 0 Å². The summed E-state index contributed by atoms with van der Waals surface area (Å²) in [7, 11) is 0. The van der Waals surface area contributed by atoms with Crippen LogP contribution < -0.4 is 5.32 Å². The molecule has 1 unspecified atom stereocenters. The molecule has 2 fully saturated rings. The Morgan fingerprint density at radius 1 is 1.00 bits per heavy atom. The highest BCUT2D eigenvalue weighted by Gasteiger charge is 2.43. The molecule has 0 saturated carbocycles. The molecule has 3 rings (SSSR count). The van der Waals surface area contributed by atoms with Crippen molar-refractivity contribution in [3.05, 3.63) is 35.4 Å². The van der Waals surface area contributed by atoms with E-state index in [-0.39, 0.29) is 5.91 Å². The van der Waals surface area contributed by atoms with Crippen LogP contribution in [0.15, 0.2) is 24.3 Å². The van der Waals surface area contributed by atoms with Gasteiger partial charge >= 0.3 is 5.97 Å². The SMILES string of the molecule is CC(=O)NC1(c2ccc(C3(C(=O)O)CCOCC3)cc2)CCOC1. The zero-order valence-corrected chi connectivity index (χ0v) is 13.8. The van der Waals surface area contributed by atoms with Crippen LogP contribution in [0.5, 0.6) is 0 Å². The number of nitrogens with one attached hydrogen (secondary N) is 1. The van der Waals surface area contributed by atoms with Crippen LogP contribution in [0.1, 0.15) is 37.3 Å². The fraction of sp³-hybridized carbons (Fsp3) is 0.556. The predicted octanol–water partition coefficient (Wildman–Crippen LogP) is 1.57. The Morgan fingerprint density at radius 3 is 2.08 bits per heavy atom. The van der Waals surface area contributed by atoms with E-state index >= 15 is 0 Å². The maximum absolute atomic E-state index is 11.9. The second kappa shape index (κ2) is 6.53. The molecule has 6 nitrogen and oxygen atoms in total. The number of rotatable bonds is 4. The highest BCUT2D eigenvalue weighted by molar-refractivity contribution is 5.81. The van der Waals surface area contributed by atoms with Gasteiger partial charge in [0.15, 0.2) is 0 Å². The molecule has 24 heavy (non-hydrogen) atoms. The van der Waals surface area contributed by atoms with Gasteiger partial charge < -0.3 is 19.9 Å². The monoisotopic (exact) mass is 333 g/mol. The van der Waals surface area contributed by atoms with Crippen molar-refractivity contribution in [1.29, 1.82) is 0 Å².